The van der Waals surface area contributed by atoms with Gasteiger partial charge in [-0.05, 0) is 139 Å². The molecule has 342 valence electrons. The summed E-state index contributed by atoms with van der Waals surface area (Å²) in [7, 11) is 0. The number of rotatable bonds is 5. The molecule has 0 N–H and O–H groups in total. The molecule has 6 aromatic heterocycles. The number of fused-ring (bicyclic) bond motifs is 15. The monoisotopic (exact) mass is 969 g/mol. The number of anilines is 3. The third-order valence-electron chi connectivity index (χ3n) is 15.5. The van der Waals surface area contributed by atoms with E-state index in [1.165, 1.54) is 119 Å². The van der Waals surface area contributed by atoms with Gasteiger partial charge in [0.1, 0.15) is 5.56 Å². The molecule has 14 aromatic rings. The summed E-state index contributed by atoms with van der Waals surface area (Å²) in [6.07, 6.45) is 4.43. The smallest absolute Gasteiger partial charge is 0.309 e. The third kappa shape index (κ3) is 5.95. The first-order valence-electron chi connectivity index (χ1n) is 24.9. The SMILES string of the molecule is Cc1c2cccc1N(c1ccc(-c3cc4sc(-c5ccc6c(c5)c5cc7c8ccccc8n(-c8ccccc8)c7cc5n6-c5ccccc5)cc4s3)cc1)c1cccc3c1C([n+]1ccccc1-2)[n+]1ccccc1-3. The molecule has 2 aliphatic rings. The van der Waals surface area contributed by atoms with Crippen molar-refractivity contribution >= 4 is 92.7 Å². The molecule has 0 radical (unpaired) electrons. The molecule has 0 aliphatic carbocycles. The zero-order valence-corrected chi connectivity index (χ0v) is 41.3. The Balaban J connectivity index is 0.789. The average molecular weight is 970 g/mol. The van der Waals surface area contributed by atoms with Crippen molar-refractivity contribution in [3.05, 3.63) is 248 Å². The minimum Gasteiger partial charge on any atom is -0.309 e. The highest BCUT2D eigenvalue weighted by molar-refractivity contribution is 7.31. The van der Waals surface area contributed by atoms with Crippen molar-refractivity contribution in [1.29, 1.82) is 0 Å². The van der Waals surface area contributed by atoms with E-state index in [1.54, 1.807) is 0 Å². The van der Waals surface area contributed by atoms with Crippen molar-refractivity contribution in [1.82, 2.24) is 9.13 Å². The van der Waals surface area contributed by atoms with Gasteiger partial charge in [0, 0.05) is 87.7 Å². The van der Waals surface area contributed by atoms with Gasteiger partial charge in [-0.2, -0.15) is 0 Å². The van der Waals surface area contributed by atoms with E-state index in [0.29, 0.717) is 0 Å². The lowest BCUT2D eigenvalue weighted by atomic mass is 10.00. The largest absolute Gasteiger partial charge is 0.383 e. The second kappa shape index (κ2) is 15.6. The molecule has 0 spiro atoms. The average Bonchev–Trinajstić information content (AvgIpc) is 4.27. The summed E-state index contributed by atoms with van der Waals surface area (Å²) >= 11 is 3.77. The van der Waals surface area contributed by atoms with Gasteiger partial charge in [-0.15, -0.1) is 31.8 Å². The molecule has 0 saturated heterocycles. The summed E-state index contributed by atoms with van der Waals surface area (Å²) in [6, 6.07) is 83.1. The molecule has 73 heavy (non-hydrogen) atoms. The van der Waals surface area contributed by atoms with Crippen LogP contribution in [0.1, 0.15) is 17.3 Å². The van der Waals surface area contributed by atoms with Crippen LogP contribution in [-0.2, 0) is 0 Å². The number of nitrogens with zero attached hydrogens (tertiary/aromatic N) is 5. The van der Waals surface area contributed by atoms with Crippen LogP contribution in [0.2, 0.25) is 0 Å². The van der Waals surface area contributed by atoms with Crippen molar-refractivity contribution < 1.29 is 9.13 Å². The number of para-hydroxylation sites is 3. The first-order valence-corrected chi connectivity index (χ1v) is 26.6. The van der Waals surface area contributed by atoms with Crippen molar-refractivity contribution in [2.24, 2.45) is 0 Å². The van der Waals surface area contributed by atoms with Gasteiger partial charge in [-0.1, -0.05) is 84.9 Å². The summed E-state index contributed by atoms with van der Waals surface area (Å²) < 4.78 is 12.4. The normalized spacial score (nSPS) is 13.7. The van der Waals surface area contributed by atoms with Crippen LogP contribution < -0.4 is 14.0 Å². The number of benzene rings is 8. The maximum atomic E-state index is 2.49. The molecule has 0 amide bonds. The standard InChI is InChI=1S/C66H43N5S2/c1-41-47-21-14-26-53(41)69(58-27-15-22-49-55-24-11-13-35-68(55)66(65(49)58)67-34-12-10-23-54(47)67)46-31-28-42(29-32-46)61-39-63-64(72-61)40-62(73-63)43-30-33-57-50(36-43)52-37-51-48-20-8-9-25-56(48)70(44-16-4-2-5-17-44)59(51)38-60(52)71(57)45-18-6-3-7-19-45/h2-40,66H,1H3/q+2. The number of pyridine rings is 2. The van der Waals surface area contributed by atoms with E-state index < -0.39 is 0 Å². The van der Waals surface area contributed by atoms with Gasteiger partial charge in [0.15, 0.2) is 12.4 Å². The molecule has 8 aromatic carbocycles. The molecule has 1 unspecified atom stereocenters. The van der Waals surface area contributed by atoms with Crippen LogP contribution in [0.5, 0.6) is 0 Å². The molecule has 8 heterocycles. The van der Waals surface area contributed by atoms with Crippen molar-refractivity contribution in [2.45, 2.75) is 13.1 Å². The van der Waals surface area contributed by atoms with Gasteiger partial charge in [-0.3, -0.25) is 0 Å². The van der Waals surface area contributed by atoms with Crippen molar-refractivity contribution in [3.63, 3.8) is 0 Å². The summed E-state index contributed by atoms with van der Waals surface area (Å²) in [6.45, 7) is 2.28. The molecule has 2 aliphatic heterocycles. The first kappa shape index (κ1) is 40.8. The Morgan fingerprint density at radius 1 is 0.384 bits per heavy atom. The number of aromatic nitrogens is 4. The molecule has 5 nitrogen and oxygen atoms in total. The lowest BCUT2D eigenvalue weighted by Gasteiger charge is -2.28. The van der Waals surface area contributed by atoms with E-state index in [4.69, 9.17) is 0 Å². The summed E-state index contributed by atoms with van der Waals surface area (Å²) in [5.74, 6) is 0. The predicted molar refractivity (Wildman–Crippen MR) is 303 cm³/mol. The highest BCUT2D eigenvalue weighted by atomic mass is 32.1. The van der Waals surface area contributed by atoms with E-state index >= 15 is 0 Å². The molecule has 0 saturated carbocycles. The highest BCUT2D eigenvalue weighted by Crippen LogP contribution is 2.49. The highest BCUT2D eigenvalue weighted by Gasteiger charge is 2.48. The van der Waals surface area contributed by atoms with Gasteiger partial charge in [0.2, 0.25) is 11.4 Å². The van der Waals surface area contributed by atoms with Crippen LogP contribution in [0.4, 0.5) is 17.1 Å². The Morgan fingerprint density at radius 2 is 0.932 bits per heavy atom. The fourth-order valence-electron chi connectivity index (χ4n) is 12.2. The quantitative estimate of drug-likeness (QED) is 0.157. The predicted octanol–water partition coefficient (Wildman–Crippen LogP) is 16.9. The topological polar surface area (TPSA) is 20.9 Å². The summed E-state index contributed by atoms with van der Waals surface area (Å²) in [5, 5.41) is 5.03. The van der Waals surface area contributed by atoms with Crippen LogP contribution in [-0.4, -0.2) is 9.13 Å². The van der Waals surface area contributed by atoms with E-state index in [-0.39, 0.29) is 6.17 Å². The minimum absolute atomic E-state index is 0.0416. The van der Waals surface area contributed by atoms with E-state index in [9.17, 15) is 0 Å². The Hall–Kier alpha value is -8.88. The van der Waals surface area contributed by atoms with E-state index in [0.717, 1.165) is 17.1 Å². The van der Waals surface area contributed by atoms with Crippen LogP contribution >= 0.6 is 22.7 Å². The first-order chi connectivity index (χ1) is 36.1. The number of thiophene rings is 2. The molecule has 1 atom stereocenters. The maximum Gasteiger partial charge on any atom is 0.383 e. The maximum absolute atomic E-state index is 2.49. The fourth-order valence-corrected chi connectivity index (χ4v) is 14.6. The third-order valence-corrected chi connectivity index (χ3v) is 17.9. The number of hydrogen-bond donors (Lipinski definition) is 0. The Kier molecular flexibility index (Phi) is 8.70. The minimum atomic E-state index is -0.0416. The zero-order valence-electron chi connectivity index (χ0n) is 39.6. The van der Waals surface area contributed by atoms with Gasteiger partial charge in [-0.25, -0.2) is 0 Å². The summed E-state index contributed by atoms with van der Waals surface area (Å²) in [4.78, 5) is 5.06. The Labute approximate surface area is 429 Å². The van der Waals surface area contributed by atoms with Crippen LogP contribution in [0.15, 0.2) is 237 Å². The van der Waals surface area contributed by atoms with E-state index in [1.807, 2.05) is 22.7 Å². The molecular formula is C66H43N5S2+2. The molecule has 0 fully saturated rings. The van der Waals surface area contributed by atoms with Gasteiger partial charge >= 0.3 is 6.17 Å². The second-order valence-corrected chi connectivity index (χ2v) is 21.5. The fraction of sp³-hybridized carbons (Fsp3) is 0.0303. The van der Waals surface area contributed by atoms with Crippen LogP contribution in [0.3, 0.4) is 0 Å². The van der Waals surface area contributed by atoms with Crippen molar-refractivity contribution in [2.75, 3.05) is 4.90 Å². The van der Waals surface area contributed by atoms with E-state index in [2.05, 4.69) is 267 Å². The lowest BCUT2D eigenvalue weighted by molar-refractivity contribution is -0.920. The van der Waals surface area contributed by atoms with Gasteiger partial charge < -0.3 is 14.0 Å². The Bertz CT molecular complexity index is 4550. The zero-order chi connectivity index (χ0) is 47.9. The van der Waals surface area contributed by atoms with Gasteiger partial charge in [0.05, 0.1) is 38.9 Å². The molecule has 16 rings (SSSR count). The molecule has 2 bridgehead atoms. The Morgan fingerprint density at radius 3 is 1.63 bits per heavy atom. The van der Waals surface area contributed by atoms with Crippen LogP contribution in [0, 0.1) is 6.92 Å². The number of hydrogen-bond acceptors (Lipinski definition) is 3. The lowest BCUT2D eigenvalue weighted by Crippen LogP contribution is -2.57. The summed E-state index contributed by atoms with van der Waals surface area (Å²) in [5.41, 5.74) is 20.6. The van der Waals surface area contributed by atoms with Gasteiger partial charge in [0.25, 0.3) is 0 Å². The molecular weight excluding hydrogens is 927 g/mol. The second-order valence-electron chi connectivity index (χ2n) is 19.4. The molecule has 7 heteroatoms. The van der Waals surface area contributed by atoms with Crippen LogP contribution in [0.25, 0.3) is 108 Å². The van der Waals surface area contributed by atoms with Crippen molar-refractivity contribution in [3.8, 4) is 54.8 Å².